The van der Waals surface area contributed by atoms with Gasteiger partial charge in [0.2, 0.25) is 0 Å². The van der Waals surface area contributed by atoms with Crippen molar-refractivity contribution in [1.82, 2.24) is 4.98 Å². The fourth-order valence-electron chi connectivity index (χ4n) is 1.20. The number of nitrogens with zero attached hydrogens (tertiary/aromatic N) is 1. The highest BCUT2D eigenvalue weighted by Crippen LogP contribution is 2.26. The summed E-state index contributed by atoms with van der Waals surface area (Å²) in [5.74, 6) is 1.97. The highest BCUT2D eigenvalue weighted by Gasteiger charge is 2.10. The highest BCUT2D eigenvalue weighted by atomic mass is 32.2. The molecule has 0 aliphatic rings. The third-order valence-corrected chi connectivity index (χ3v) is 3.32. The summed E-state index contributed by atoms with van der Waals surface area (Å²) >= 11 is 1.93. The number of thioether (sulfide) groups is 1. The van der Waals surface area contributed by atoms with Crippen molar-refractivity contribution in [2.75, 3.05) is 11.9 Å². The number of hydrogen-bond donors (Lipinski definition) is 1. The van der Waals surface area contributed by atoms with Crippen molar-refractivity contribution in [3.05, 3.63) is 23.9 Å². The Hall–Kier alpha value is -0.700. The Bertz CT molecular complexity index is 318. The van der Waals surface area contributed by atoms with Gasteiger partial charge < -0.3 is 5.32 Å². The highest BCUT2D eigenvalue weighted by molar-refractivity contribution is 7.99. The quantitative estimate of drug-likeness (QED) is 0.841. The van der Waals surface area contributed by atoms with Crippen molar-refractivity contribution in [2.45, 2.75) is 44.6 Å². The van der Waals surface area contributed by atoms with Crippen LogP contribution in [0.4, 0.5) is 5.82 Å². The summed E-state index contributed by atoms with van der Waals surface area (Å²) in [6.45, 7) is 9.85. The summed E-state index contributed by atoms with van der Waals surface area (Å²) < 4.78 is 0.300. The standard InChI is InChI=1S/C13H22N2S/c1-5-9-14-12-8-6-7-11(15-12)10-16-13(2,3)4/h6-8H,5,9-10H2,1-4H3,(H,14,15). The Labute approximate surface area is 103 Å². The second-order valence-electron chi connectivity index (χ2n) is 4.84. The maximum absolute atomic E-state index is 4.58. The van der Waals surface area contributed by atoms with Crippen molar-refractivity contribution in [3.63, 3.8) is 0 Å². The maximum atomic E-state index is 4.58. The van der Waals surface area contributed by atoms with Gasteiger partial charge in [0.15, 0.2) is 0 Å². The molecule has 0 saturated carbocycles. The van der Waals surface area contributed by atoms with Gasteiger partial charge in [0.25, 0.3) is 0 Å². The van der Waals surface area contributed by atoms with Crippen LogP contribution in [-0.2, 0) is 5.75 Å². The molecule has 0 fully saturated rings. The number of hydrogen-bond acceptors (Lipinski definition) is 3. The van der Waals surface area contributed by atoms with Gasteiger partial charge >= 0.3 is 0 Å². The van der Waals surface area contributed by atoms with Gasteiger partial charge in [-0.3, -0.25) is 0 Å². The van der Waals surface area contributed by atoms with E-state index in [1.807, 2.05) is 17.8 Å². The number of nitrogens with one attached hydrogen (secondary N) is 1. The van der Waals surface area contributed by atoms with Crippen molar-refractivity contribution < 1.29 is 0 Å². The predicted molar refractivity (Wildman–Crippen MR) is 74.1 cm³/mol. The Balaban J connectivity index is 2.53. The van der Waals surface area contributed by atoms with Gasteiger partial charge in [0.05, 0.1) is 5.69 Å². The van der Waals surface area contributed by atoms with Crippen LogP contribution in [0.2, 0.25) is 0 Å². The Kier molecular flexibility index (Phi) is 5.13. The fourth-order valence-corrected chi connectivity index (χ4v) is 1.94. The molecule has 0 radical (unpaired) electrons. The molecule has 1 rings (SSSR count). The average Bonchev–Trinajstić information content (AvgIpc) is 2.23. The summed E-state index contributed by atoms with van der Waals surface area (Å²) in [4.78, 5) is 4.58. The molecular formula is C13H22N2S. The van der Waals surface area contributed by atoms with Crippen molar-refractivity contribution in [1.29, 1.82) is 0 Å². The minimum absolute atomic E-state index is 0.300. The molecule has 1 aromatic heterocycles. The lowest BCUT2D eigenvalue weighted by molar-refractivity contribution is 0.801. The fraction of sp³-hybridized carbons (Fsp3) is 0.615. The van der Waals surface area contributed by atoms with E-state index in [0.29, 0.717) is 4.75 Å². The van der Waals surface area contributed by atoms with E-state index in [1.165, 1.54) is 0 Å². The van der Waals surface area contributed by atoms with Crippen LogP contribution in [0, 0.1) is 0 Å². The molecular weight excluding hydrogens is 216 g/mol. The lowest BCUT2D eigenvalue weighted by Crippen LogP contribution is -2.08. The molecule has 90 valence electrons. The number of anilines is 1. The lowest BCUT2D eigenvalue weighted by atomic mass is 10.3. The molecule has 0 amide bonds. The first-order chi connectivity index (χ1) is 7.51. The van der Waals surface area contributed by atoms with Crippen LogP contribution in [0.3, 0.4) is 0 Å². The normalized spacial score (nSPS) is 11.5. The molecule has 0 spiro atoms. The molecule has 3 heteroatoms. The first kappa shape index (κ1) is 13.4. The zero-order valence-electron chi connectivity index (χ0n) is 10.7. The van der Waals surface area contributed by atoms with Gasteiger partial charge in [-0.2, -0.15) is 0 Å². The zero-order valence-corrected chi connectivity index (χ0v) is 11.5. The van der Waals surface area contributed by atoms with Gasteiger partial charge in [-0.05, 0) is 18.6 Å². The van der Waals surface area contributed by atoms with Crippen LogP contribution in [0.5, 0.6) is 0 Å². The molecule has 1 N–H and O–H groups in total. The second-order valence-corrected chi connectivity index (χ2v) is 6.64. The number of aromatic nitrogens is 1. The van der Waals surface area contributed by atoms with Gasteiger partial charge in [-0.25, -0.2) is 4.98 Å². The topological polar surface area (TPSA) is 24.9 Å². The van der Waals surface area contributed by atoms with Crippen molar-refractivity contribution in [3.8, 4) is 0 Å². The predicted octanol–water partition coefficient (Wildman–Crippen LogP) is 3.94. The monoisotopic (exact) mass is 238 g/mol. The number of pyridine rings is 1. The molecule has 2 nitrogen and oxygen atoms in total. The summed E-state index contributed by atoms with van der Waals surface area (Å²) in [6.07, 6.45) is 1.13. The Morgan fingerprint density at radius 3 is 2.69 bits per heavy atom. The molecule has 0 aliphatic heterocycles. The van der Waals surface area contributed by atoms with Gasteiger partial charge in [-0.15, -0.1) is 11.8 Å². The van der Waals surface area contributed by atoms with Crippen LogP contribution >= 0.6 is 11.8 Å². The molecule has 0 saturated heterocycles. The van der Waals surface area contributed by atoms with E-state index in [4.69, 9.17) is 0 Å². The molecule has 0 bridgehead atoms. The van der Waals surface area contributed by atoms with E-state index >= 15 is 0 Å². The van der Waals surface area contributed by atoms with Gasteiger partial charge in [0.1, 0.15) is 5.82 Å². The van der Waals surface area contributed by atoms with Crippen LogP contribution in [0.25, 0.3) is 0 Å². The first-order valence-electron chi connectivity index (χ1n) is 5.85. The van der Waals surface area contributed by atoms with Gasteiger partial charge in [0, 0.05) is 17.0 Å². The van der Waals surface area contributed by atoms with Crippen molar-refractivity contribution >= 4 is 17.6 Å². The van der Waals surface area contributed by atoms with Crippen molar-refractivity contribution in [2.24, 2.45) is 0 Å². The largest absolute Gasteiger partial charge is 0.370 e. The molecule has 0 aliphatic carbocycles. The summed E-state index contributed by atoms with van der Waals surface area (Å²) in [5, 5.41) is 3.31. The molecule has 0 unspecified atom stereocenters. The second kappa shape index (κ2) is 6.14. The molecule has 16 heavy (non-hydrogen) atoms. The third kappa shape index (κ3) is 5.40. The van der Waals surface area contributed by atoms with Crippen LogP contribution < -0.4 is 5.32 Å². The SMILES string of the molecule is CCCNc1cccc(CSC(C)(C)C)n1. The smallest absolute Gasteiger partial charge is 0.126 e. The van der Waals surface area contributed by atoms with E-state index in [-0.39, 0.29) is 0 Å². The summed E-state index contributed by atoms with van der Waals surface area (Å²) in [6, 6.07) is 6.19. The van der Waals surface area contributed by atoms with E-state index < -0.39 is 0 Å². The lowest BCUT2D eigenvalue weighted by Gasteiger charge is -2.17. The van der Waals surface area contributed by atoms with E-state index in [2.05, 4.69) is 50.1 Å². The minimum Gasteiger partial charge on any atom is -0.370 e. The van der Waals surface area contributed by atoms with E-state index in [1.54, 1.807) is 0 Å². The van der Waals surface area contributed by atoms with E-state index in [9.17, 15) is 0 Å². The molecule has 1 heterocycles. The third-order valence-electron chi connectivity index (χ3n) is 2.02. The maximum Gasteiger partial charge on any atom is 0.126 e. The first-order valence-corrected chi connectivity index (χ1v) is 6.83. The minimum atomic E-state index is 0.300. The number of rotatable bonds is 5. The molecule has 0 aromatic carbocycles. The van der Waals surface area contributed by atoms with Crippen LogP contribution in [0.1, 0.15) is 39.8 Å². The summed E-state index contributed by atoms with van der Waals surface area (Å²) in [7, 11) is 0. The van der Waals surface area contributed by atoms with Crippen LogP contribution in [0.15, 0.2) is 18.2 Å². The van der Waals surface area contributed by atoms with E-state index in [0.717, 1.165) is 30.2 Å². The Morgan fingerprint density at radius 1 is 1.31 bits per heavy atom. The van der Waals surface area contributed by atoms with Crippen LogP contribution in [-0.4, -0.2) is 16.3 Å². The average molecular weight is 238 g/mol. The van der Waals surface area contributed by atoms with Gasteiger partial charge in [-0.1, -0.05) is 33.8 Å². The Morgan fingerprint density at radius 2 is 2.06 bits per heavy atom. The zero-order chi connectivity index (χ0) is 12.0. The summed E-state index contributed by atoms with van der Waals surface area (Å²) in [5.41, 5.74) is 1.15. The molecule has 1 aromatic rings. The molecule has 0 atom stereocenters.